The number of nitrogen functional groups attached to an aromatic ring is 1. The number of imidazole rings is 1. The van der Waals surface area contributed by atoms with E-state index < -0.39 is 0 Å². The van der Waals surface area contributed by atoms with Crippen LogP contribution in [0.2, 0.25) is 5.02 Å². The number of nitrogens with two attached hydrogens (primary N) is 1. The Morgan fingerprint density at radius 3 is 3.11 bits per heavy atom. The van der Waals surface area contributed by atoms with Crippen LogP contribution in [0.1, 0.15) is 25.8 Å². The number of rotatable bonds is 1. The Labute approximate surface area is 111 Å². The van der Waals surface area contributed by atoms with E-state index in [-0.39, 0.29) is 6.10 Å². The summed E-state index contributed by atoms with van der Waals surface area (Å²) in [6.07, 6.45) is 2.19. The van der Waals surface area contributed by atoms with E-state index >= 15 is 0 Å². The molecule has 1 aromatic heterocycles. The molecule has 0 bridgehead atoms. The summed E-state index contributed by atoms with van der Waals surface area (Å²) in [6.45, 7) is 2.86. The molecule has 1 aromatic carbocycles. The molecule has 2 heterocycles. The van der Waals surface area contributed by atoms with Crippen molar-refractivity contribution in [2.24, 2.45) is 0 Å². The first-order chi connectivity index (χ1) is 8.66. The zero-order valence-corrected chi connectivity index (χ0v) is 11.0. The van der Waals surface area contributed by atoms with E-state index in [4.69, 9.17) is 22.1 Å². The lowest BCUT2D eigenvalue weighted by atomic mass is 10.0. The van der Waals surface area contributed by atoms with Gasteiger partial charge in [-0.05, 0) is 31.9 Å². The summed E-state index contributed by atoms with van der Waals surface area (Å²) in [4.78, 5) is 4.38. The van der Waals surface area contributed by atoms with Gasteiger partial charge in [0, 0.05) is 12.6 Å². The van der Waals surface area contributed by atoms with Gasteiger partial charge in [0.1, 0.15) is 5.52 Å². The maximum absolute atomic E-state index is 6.15. The smallest absolute Gasteiger partial charge is 0.201 e. The van der Waals surface area contributed by atoms with Crippen LogP contribution in [0.3, 0.4) is 0 Å². The fourth-order valence-corrected chi connectivity index (χ4v) is 2.91. The average Bonchev–Trinajstić information content (AvgIpc) is 2.67. The third kappa shape index (κ3) is 1.85. The minimum atomic E-state index is 0.264. The van der Waals surface area contributed by atoms with Gasteiger partial charge in [0.25, 0.3) is 0 Å². The zero-order chi connectivity index (χ0) is 12.7. The second-order valence-corrected chi connectivity index (χ2v) is 5.21. The van der Waals surface area contributed by atoms with Crippen LogP contribution in [-0.2, 0) is 4.74 Å². The number of nitrogens with zero attached hydrogens (tertiary/aromatic N) is 2. The van der Waals surface area contributed by atoms with E-state index in [2.05, 4.69) is 16.5 Å². The summed E-state index contributed by atoms with van der Waals surface area (Å²) in [6, 6.07) is 6.14. The Kier molecular flexibility index (Phi) is 2.92. The molecule has 2 aromatic rings. The molecule has 2 atom stereocenters. The van der Waals surface area contributed by atoms with Gasteiger partial charge in [-0.3, -0.25) is 0 Å². The first kappa shape index (κ1) is 11.8. The fraction of sp³-hybridized carbons (Fsp3) is 0.462. The van der Waals surface area contributed by atoms with Gasteiger partial charge in [0.15, 0.2) is 0 Å². The summed E-state index contributed by atoms with van der Waals surface area (Å²) < 4.78 is 7.68. The highest BCUT2D eigenvalue weighted by Gasteiger charge is 2.24. The number of anilines is 1. The van der Waals surface area contributed by atoms with Gasteiger partial charge in [-0.1, -0.05) is 17.7 Å². The molecule has 1 aliphatic rings. The largest absolute Gasteiger partial charge is 0.378 e. The van der Waals surface area contributed by atoms with Gasteiger partial charge in [-0.25, -0.2) is 4.98 Å². The van der Waals surface area contributed by atoms with Gasteiger partial charge in [-0.2, -0.15) is 0 Å². The molecule has 1 aliphatic heterocycles. The number of hydrogen-bond acceptors (Lipinski definition) is 3. The molecule has 2 unspecified atom stereocenters. The molecule has 18 heavy (non-hydrogen) atoms. The van der Waals surface area contributed by atoms with E-state index in [1.807, 2.05) is 18.2 Å². The summed E-state index contributed by atoms with van der Waals surface area (Å²) in [5.74, 6) is 0.539. The summed E-state index contributed by atoms with van der Waals surface area (Å²) in [5, 5.41) is 0.651. The zero-order valence-electron chi connectivity index (χ0n) is 10.3. The standard InChI is InChI=1S/C13H16ClN3O/c1-8-7-9(5-6-18-8)17-11-4-2-3-10(14)12(11)16-13(17)15/h2-4,8-9H,5-7H2,1H3,(H2,15,16). The van der Waals surface area contributed by atoms with Crippen molar-refractivity contribution < 1.29 is 4.74 Å². The molecule has 0 aliphatic carbocycles. The van der Waals surface area contributed by atoms with Crippen LogP contribution in [0.4, 0.5) is 5.95 Å². The van der Waals surface area contributed by atoms with Gasteiger partial charge in [0.05, 0.1) is 16.6 Å². The summed E-state index contributed by atoms with van der Waals surface area (Å²) in [5.41, 5.74) is 7.85. The quantitative estimate of drug-likeness (QED) is 0.862. The second kappa shape index (κ2) is 4.44. The lowest BCUT2D eigenvalue weighted by Crippen LogP contribution is -2.26. The predicted molar refractivity (Wildman–Crippen MR) is 72.8 cm³/mol. The normalized spacial score (nSPS) is 24.6. The van der Waals surface area contributed by atoms with Gasteiger partial charge >= 0.3 is 0 Å². The molecule has 4 nitrogen and oxygen atoms in total. The Hall–Kier alpha value is -1.26. The molecule has 0 radical (unpaired) electrons. The van der Waals surface area contributed by atoms with Crippen molar-refractivity contribution in [1.82, 2.24) is 9.55 Å². The molecule has 1 saturated heterocycles. The third-order valence-corrected chi connectivity index (χ3v) is 3.83. The van der Waals surface area contributed by atoms with E-state index in [1.54, 1.807) is 0 Å². The molecule has 2 N–H and O–H groups in total. The summed E-state index contributed by atoms with van der Waals surface area (Å²) in [7, 11) is 0. The topological polar surface area (TPSA) is 53.1 Å². The van der Waals surface area contributed by atoms with Crippen LogP contribution < -0.4 is 5.73 Å². The molecule has 3 rings (SSSR count). The van der Waals surface area contributed by atoms with Crippen LogP contribution in [0.5, 0.6) is 0 Å². The second-order valence-electron chi connectivity index (χ2n) is 4.81. The molecule has 5 heteroatoms. The van der Waals surface area contributed by atoms with Crippen molar-refractivity contribution in [1.29, 1.82) is 0 Å². The highest BCUT2D eigenvalue weighted by molar-refractivity contribution is 6.35. The molecule has 1 fully saturated rings. The molecule has 96 valence electrons. The molecular formula is C13H16ClN3O. The van der Waals surface area contributed by atoms with Gasteiger partial charge in [-0.15, -0.1) is 0 Å². The van der Waals surface area contributed by atoms with Crippen LogP contribution in [-0.4, -0.2) is 22.3 Å². The van der Waals surface area contributed by atoms with E-state index in [0.717, 1.165) is 30.5 Å². The van der Waals surface area contributed by atoms with Crippen LogP contribution >= 0.6 is 11.6 Å². The Bertz CT molecular complexity index is 581. The molecule has 0 saturated carbocycles. The van der Waals surface area contributed by atoms with Crippen molar-refractivity contribution in [3.05, 3.63) is 23.2 Å². The van der Waals surface area contributed by atoms with Gasteiger partial charge < -0.3 is 15.0 Å². The van der Waals surface area contributed by atoms with Crippen LogP contribution in [0, 0.1) is 0 Å². The van der Waals surface area contributed by atoms with Crippen molar-refractivity contribution in [3.63, 3.8) is 0 Å². The highest BCUT2D eigenvalue weighted by Crippen LogP contribution is 2.33. The van der Waals surface area contributed by atoms with E-state index in [9.17, 15) is 0 Å². The first-order valence-electron chi connectivity index (χ1n) is 6.20. The molecule has 0 spiro atoms. The predicted octanol–water partition coefficient (Wildman–Crippen LogP) is 3.01. The maximum atomic E-state index is 6.15. The lowest BCUT2D eigenvalue weighted by Gasteiger charge is -2.29. The van der Waals surface area contributed by atoms with Crippen molar-refractivity contribution in [2.45, 2.75) is 31.9 Å². The average molecular weight is 266 g/mol. The molecule has 0 amide bonds. The van der Waals surface area contributed by atoms with E-state index in [1.165, 1.54) is 0 Å². The fourth-order valence-electron chi connectivity index (χ4n) is 2.69. The Balaban J connectivity index is 2.10. The lowest BCUT2D eigenvalue weighted by molar-refractivity contribution is 0.00714. The van der Waals surface area contributed by atoms with Crippen LogP contribution in [0.15, 0.2) is 18.2 Å². The number of para-hydroxylation sites is 1. The number of aromatic nitrogens is 2. The van der Waals surface area contributed by atoms with Crippen LogP contribution in [0.25, 0.3) is 11.0 Å². The first-order valence-corrected chi connectivity index (χ1v) is 6.58. The minimum Gasteiger partial charge on any atom is -0.378 e. The maximum Gasteiger partial charge on any atom is 0.201 e. The highest BCUT2D eigenvalue weighted by atomic mass is 35.5. The number of halogens is 1. The monoisotopic (exact) mass is 265 g/mol. The minimum absolute atomic E-state index is 0.264. The Morgan fingerprint density at radius 2 is 2.33 bits per heavy atom. The number of fused-ring (bicyclic) bond motifs is 1. The van der Waals surface area contributed by atoms with Crippen molar-refractivity contribution >= 4 is 28.6 Å². The van der Waals surface area contributed by atoms with Crippen molar-refractivity contribution in [2.75, 3.05) is 12.3 Å². The Morgan fingerprint density at radius 1 is 1.50 bits per heavy atom. The third-order valence-electron chi connectivity index (χ3n) is 3.52. The number of hydrogen-bond donors (Lipinski definition) is 1. The number of benzene rings is 1. The van der Waals surface area contributed by atoms with Crippen molar-refractivity contribution in [3.8, 4) is 0 Å². The van der Waals surface area contributed by atoms with E-state index in [0.29, 0.717) is 17.0 Å². The molecular weight excluding hydrogens is 250 g/mol. The van der Waals surface area contributed by atoms with Gasteiger partial charge in [0.2, 0.25) is 5.95 Å². The summed E-state index contributed by atoms with van der Waals surface area (Å²) >= 11 is 6.15. The SMILES string of the molecule is CC1CC(n2c(N)nc3c(Cl)cccc32)CCO1. The number of ether oxygens (including phenoxy) is 1.